The van der Waals surface area contributed by atoms with E-state index in [2.05, 4.69) is 42.6 Å². The van der Waals surface area contributed by atoms with Gasteiger partial charge in [0, 0.05) is 19.2 Å². The third kappa shape index (κ3) is 3.06. The van der Waals surface area contributed by atoms with Gasteiger partial charge in [-0.1, -0.05) is 37.3 Å². The van der Waals surface area contributed by atoms with E-state index in [4.69, 9.17) is 5.11 Å². The Bertz CT molecular complexity index is 308. The van der Waals surface area contributed by atoms with Crippen molar-refractivity contribution in [3.63, 3.8) is 0 Å². The van der Waals surface area contributed by atoms with Crippen LogP contribution >= 0.6 is 0 Å². The van der Waals surface area contributed by atoms with Gasteiger partial charge in [-0.05, 0) is 30.2 Å². The third-order valence-electron chi connectivity index (χ3n) is 3.25. The van der Waals surface area contributed by atoms with Crippen LogP contribution in [0, 0.1) is 11.8 Å². The van der Waals surface area contributed by atoms with Gasteiger partial charge in [0.2, 0.25) is 0 Å². The number of rotatable bonds is 6. The average Bonchev–Trinajstić information content (AvgIpc) is 3.15. The number of nitrogens with one attached hydrogen (secondary N) is 1. The smallest absolute Gasteiger partial charge is 0.0468 e. The van der Waals surface area contributed by atoms with Crippen LogP contribution in [0.25, 0.3) is 0 Å². The lowest BCUT2D eigenvalue weighted by Crippen LogP contribution is -2.29. The zero-order valence-corrected chi connectivity index (χ0v) is 9.89. The number of hydrogen-bond acceptors (Lipinski definition) is 2. The molecule has 16 heavy (non-hydrogen) atoms. The summed E-state index contributed by atoms with van der Waals surface area (Å²) in [5.74, 6) is 1.14. The number of hydrogen-bond donors (Lipinski definition) is 2. The van der Waals surface area contributed by atoms with Gasteiger partial charge in [-0.15, -0.1) is 0 Å². The molecule has 2 unspecified atom stereocenters. The molecule has 1 aliphatic rings. The molecule has 1 aromatic rings. The van der Waals surface area contributed by atoms with E-state index in [0.29, 0.717) is 12.0 Å². The molecule has 2 N–H and O–H groups in total. The largest absolute Gasteiger partial charge is 0.396 e. The molecule has 1 saturated carbocycles. The maximum Gasteiger partial charge on any atom is 0.0468 e. The van der Waals surface area contributed by atoms with Crippen LogP contribution in [0.2, 0.25) is 0 Å². The van der Waals surface area contributed by atoms with Crippen LogP contribution in [0.1, 0.15) is 31.4 Å². The molecule has 0 radical (unpaired) electrons. The van der Waals surface area contributed by atoms with Crippen molar-refractivity contribution in [3.05, 3.63) is 35.9 Å². The first-order chi connectivity index (χ1) is 7.81. The highest BCUT2D eigenvalue weighted by molar-refractivity contribution is 5.21. The Labute approximate surface area is 97.7 Å². The SMILES string of the molecule is CC(CO)CNC(c1ccccc1)C1CC1. The molecule has 2 heteroatoms. The molecule has 0 heterocycles. The van der Waals surface area contributed by atoms with Gasteiger partial charge in [0.1, 0.15) is 0 Å². The van der Waals surface area contributed by atoms with Gasteiger partial charge in [-0.3, -0.25) is 0 Å². The molecule has 2 rings (SSSR count). The monoisotopic (exact) mass is 219 g/mol. The van der Waals surface area contributed by atoms with Gasteiger partial charge < -0.3 is 10.4 Å². The standard InChI is InChI=1S/C14H21NO/c1-11(10-16)9-15-14(13-7-8-13)12-5-3-2-4-6-12/h2-6,11,13-16H,7-10H2,1H3. The molecule has 0 bridgehead atoms. The summed E-state index contributed by atoms with van der Waals surface area (Å²) in [5.41, 5.74) is 1.38. The summed E-state index contributed by atoms with van der Waals surface area (Å²) in [6.45, 7) is 3.23. The van der Waals surface area contributed by atoms with Crippen molar-refractivity contribution in [2.75, 3.05) is 13.2 Å². The van der Waals surface area contributed by atoms with Gasteiger partial charge in [0.25, 0.3) is 0 Å². The van der Waals surface area contributed by atoms with Crippen molar-refractivity contribution in [2.24, 2.45) is 11.8 Å². The summed E-state index contributed by atoms with van der Waals surface area (Å²) < 4.78 is 0. The maximum absolute atomic E-state index is 9.03. The quantitative estimate of drug-likeness (QED) is 0.770. The highest BCUT2D eigenvalue weighted by Gasteiger charge is 2.31. The Balaban J connectivity index is 1.95. The van der Waals surface area contributed by atoms with Crippen LogP contribution in [-0.2, 0) is 0 Å². The molecule has 1 fully saturated rings. The van der Waals surface area contributed by atoms with E-state index in [-0.39, 0.29) is 6.61 Å². The first-order valence-corrected chi connectivity index (χ1v) is 6.20. The van der Waals surface area contributed by atoms with Crippen LogP contribution < -0.4 is 5.32 Å². The zero-order chi connectivity index (χ0) is 11.4. The Morgan fingerprint density at radius 1 is 1.31 bits per heavy atom. The molecule has 1 aromatic carbocycles. The van der Waals surface area contributed by atoms with Crippen molar-refractivity contribution in [2.45, 2.75) is 25.8 Å². The average molecular weight is 219 g/mol. The minimum absolute atomic E-state index is 0.263. The molecular formula is C14H21NO. The second kappa shape index (κ2) is 5.46. The molecule has 0 aromatic heterocycles. The Kier molecular flexibility index (Phi) is 3.97. The van der Waals surface area contributed by atoms with Crippen molar-refractivity contribution in [1.29, 1.82) is 0 Å². The highest BCUT2D eigenvalue weighted by atomic mass is 16.3. The van der Waals surface area contributed by atoms with Gasteiger partial charge in [0.05, 0.1) is 0 Å². The lowest BCUT2D eigenvalue weighted by molar-refractivity contribution is 0.228. The number of aliphatic hydroxyl groups is 1. The first kappa shape index (κ1) is 11.6. The van der Waals surface area contributed by atoms with Crippen LogP contribution in [0.15, 0.2) is 30.3 Å². The van der Waals surface area contributed by atoms with Crippen LogP contribution in [0.3, 0.4) is 0 Å². The predicted molar refractivity (Wildman–Crippen MR) is 66.2 cm³/mol. The Hall–Kier alpha value is -0.860. The molecule has 1 aliphatic carbocycles. The van der Waals surface area contributed by atoms with Crippen LogP contribution in [0.5, 0.6) is 0 Å². The fraction of sp³-hybridized carbons (Fsp3) is 0.571. The fourth-order valence-electron chi connectivity index (χ4n) is 2.04. The van der Waals surface area contributed by atoms with Crippen molar-refractivity contribution >= 4 is 0 Å². The highest BCUT2D eigenvalue weighted by Crippen LogP contribution is 2.40. The van der Waals surface area contributed by atoms with Gasteiger partial charge in [0.15, 0.2) is 0 Å². The number of aliphatic hydroxyl groups excluding tert-OH is 1. The Morgan fingerprint density at radius 2 is 2.00 bits per heavy atom. The summed E-state index contributed by atoms with van der Waals surface area (Å²) in [5, 5.41) is 12.6. The normalized spacial score (nSPS) is 19.4. The van der Waals surface area contributed by atoms with Crippen molar-refractivity contribution < 1.29 is 5.11 Å². The first-order valence-electron chi connectivity index (χ1n) is 6.20. The minimum Gasteiger partial charge on any atom is -0.396 e. The van der Waals surface area contributed by atoms with E-state index < -0.39 is 0 Å². The number of benzene rings is 1. The van der Waals surface area contributed by atoms with Gasteiger partial charge in [-0.25, -0.2) is 0 Å². The van der Waals surface area contributed by atoms with E-state index in [1.165, 1.54) is 18.4 Å². The predicted octanol–water partition coefficient (Wildman–Crippen LogP) is 2.36. The minimum atomic E-state index is 0.263. The summed E-state index contributed by atoms with van der Waals surface area (Å²) in [6.07, 6.45) is 2.67. The zero-order valence-electron chi connectivity index (χ0n) is 9.89. The fourth-order valence-corrected chi connectivity index (χ4v) is 2.04. The molecule has 0 aliphatic heterocycles. The van der Waals surface area contributed by atoms with Crippen molar-refractivity contribution in [1.82, 2.24) is 5.32 Å². The molecule has 2 atom stereocenters. The molecule has 0 amide bonds. The van der Waals surface area contributed by atoms with E-state index in [1.54, 1.807) is 0 Å². The topological polar surface area (TPSA) is 32.3 Å². The van der Waals surface area contributed by atoms with Crippen LogP contribution in [-0.4, -0.2) is 18.3 Å². The summed E-state index contributed by atoms with van der Waals surface area (Å²) >= 11 is 0. The lowest BCUT2D eigenvalue weighted by atomic mass is 10.0. The molecular weight excluding hydrogens is 198 g/mol. The van der Waals surface area contributed by atoms with Gasteiger partial charge >= 0.3 is 0 Å². The Morgan fingerprint density at radius 3 is 2.56 bits per heavy atom. The van der Waals surface area contributed by atoms with Crippen molar-refractivity contribution in [3.8, 4) is 0 Å². The summed E-state index contributed by atoms with van der Waals surface area (Å²) in [6, 6.07) is 11.1. The summed E-state index contributed by atoms with van der Waals surface area (Å²) in [7, 11) is 0. The van der Waals surface area contributed by atoms with E-state index >= 15 is 0 Å². The molecule has 2 nitrogen and oxygen atoms in total. The van der Waals surface area contributed by atoms with E-state index in [9.17, 15) is 0 Å². The van der Waals surface area contributed by atoms with Gasteiger partial charge in [-0.2, -0.15) is 0 Å². The molecule has 88 valence electrons. The third-order valence-corrected chi connectivity index (χ3v) is 3.25. The van der Waals surface area contributed by atoms with Crippen LogP contribution in [0.4, 0.5) is 0 Å². The molecule has 0 saturated heterocycles. The van der Waals surface area contributed by atoms with E-state index in [1.807, 2.05) is 0 Å². The van der Waals surface area contributed by atoms with E-state index in [0.717, 1.165) is 12.5 Å². The summed E-state index contributed by atoms with van der Waals surface area (Å²) in [4.78, 5) is 0. The molecule has 0 spiro atoms. The maximum atomic E-state index is 9.03. The lowest BCUT2D eigenvalue weighted by Gasteiger charge is -2.20. The second-order valence-corrected chi connectivity index (χ2v) is 4.92. The second-order valence-electron chi connectivity index (χ2n) is 4.92.